The second kappa shape index (κ2) is 6.49. The Balaban J connectivity index is 2.88. The van der Waals surface area contributed by atoms with Crippen molar-refractivity contribution in [3.05, 3.63) is 29.8 Å². The van der Waals surface area contributed by atoms with Crippen LogP contribution in [0.4, 0.5) is 0 Å². The summed E-state index contributed by atoms with van der Waals surface area (Å²) >= 11 is 0. The van der Waals surface area contributed by atoms with Crippen molar-refractivity contribution >= 4 is 21.9 Å². The molecule has 0 fully saturated rings. The zero-order valence-corrected chi connectivity index (χ0v) is 11.7. The fourth-order valence-electron chi connectivity index (χ4n) is 1.49. The molecule has 0 aliphatic rings. The van der Waals surface area contributed by atoms with Gasteiger partial charge in [0.25, 0.3) is 0 Å². The minimum atomic E-state index is -3.95. The summed E-state index contributed by atoms with van der Waals surface area (Å²) in [4.78, 5) is 21.6. The maximum Gasteiger partial charge on any atom is 0.321 e. The number of aryl methyl sites for hydroxylation is 1. The number of hydrogen-bond donors (Lipinski definition) is 3. The largest absolute Gasteiger partial charge is 0.480 e. The van der Waals surface area contributed by atoms with Crippen molar-refractivity contribution in [3.8, 4) is 0 Å². The molecule has 1 atom stereocenters. The molecule has 0 heterocycles. The van der Waals surface area contributed by atoms with E-state index in [1.807, 2.05) is 4.72 Å². The smallest absolute Gasteiger partial charge is 0.321 e. The van der Waals surface area contributed by atoms with Crippen LogP contribution in [-0.2, 0) is 19.6 Å². The minimum absolute atomic E-state index is 0.0339. The number of carboxylic acids is 1. The number of aliphatic carboxylic acids is 1. The second-order valence-electron chi connectivity index (χ2n) is 4.33. The molecule has 0 aliphatic carbocycles. The molecule has 4 N–H and O–H groups in total. The zero-order valence-electron chi connectivity index (χ0n) is 10.9. The molecule has 0 bridgehead atoms. The molecular formula is C12H16N2O5S. The highest BCUT2D eigenvalue weighted by molar-refractivity contribution is 7.89. The van der Waals surface area contributed by atoms with Gasteiger partial charge in [0.15, 0.2) is 0 Å². The van der Waals surface area contributed by atoms with Crippen molar-refractivity contribution in [2.24, 2.45) is 5.73 Å². The molecule has 1 rings (SSSR count). The van der Waals surface area contributed by atoms with Crippen LogP contribution in [0.2, 0.25) is 0 Å². The number of benzene rings is 1. The van der Waals surface area contributed by atoms with Crippen LogP contribution in [0, 0.1) is 6.92 Å². The van der Waals surface area contributed by atoms with Gasteiger partial charge in [0.05, 0.1) is 4.90 Å². The predicted octanol–water partition coefficient (Wildman–Crippen LogP) is -0.00798. The Morgan fingerprint density at radius 2 is 1.85 bits per heavy atom. The van der Waals surface area contributed by atoms with E-state index in [9.17, 15) is 18.0 Å². The van der Waals surface area contributed by atoms with E-state index in [0.29, 0.717) is 0 Å². The number of nitrogens with one attached hydrogen (secondary N) is 1. The quantitative estimate of drug-likeness (QED) is 0.653. The van der Waals surface area contributed by atoms with Crippen LogP contribution in [0.3, 0.4) is 0 Å². The van der Waals surface area contributed by atoms with Gasteiger partial charge < -0.3 is 10.8 Å². The van der Waals surface area contributed by atoms with Crippen LogP contribution < -0.4 is 10.5 Å². The van der Waals surface area contributed by atoms with E-state index in [1.165, 1.54) is 12.1 Å². The van der Waals surface area contributed by atoms with Crippen molar-refractivity contribution in [2.75, 3.05) is 0 Å². The minimum Gasteiger partial charge on any atom is -0.480 e. The van der Waals surface area contributed by atoms with E-state index in [0.717, 1.165) is 5.56 Å². The van der Waals surface area contributed by atoms with Crippen molar-refractivity contribution < 1.29 is 23.1 Å². The van der Waals surface area contributed by atoms with Crippen molar-refractivity contribution in [1.82, 2.24) is 4.72 Å². The number of sulfonamides is 1. The first-order chi connectivity index (χ1) is 9.22. The predicted molar refractivity (Wildman–Crippen MR) is 71.4 cm³/mol. The zero-order chi connectivity index (χ0) is 15.3. The molecule has 8 heteroatoms. The highest BCUT2D eigenvalue weighted by atomic mass is 32.2. The van der Waals surface area contributed by atoms with Gasteiger partial charge in [-0.2, -0.15) is 4.72 Å². The standard InChI is InChI=1S/C12H16N2O5S/c1-8-2-4-9(5-3-8)20(18,19)14-10(12(16)17)6-7-11(13)15/h2-5,10,14H,6-7H2,1H3,(H2,13,15)(H,16,17). The number of carbonyl (C=O) groups excluding carboxylic acids is 1. The molecule has 0 radical (unpaired) electrons. The van der Waals surface area contributed by atoms with Crippen molar-refractivity contribution in [1.29, 1.82) is 0 Å². The fourth-order valence-corrected chi connectivity index (χ4v) is 2.72. The third kappa shape index (κ3) is 4.63. The SMILES string of the molecule is Cc1ccc(S(=O)(=O)NC(CCC(N)=O)C(=O)O)cc1. The van der Waals surface area contributed by atoms with Crippen LogP contribution in [0.1, 0.15) is 18.4 Å². The number of carboxylic acid groups (broad SMARTS) is 1. The molecule has 1 unspecified atom stereocenters. The molecule has 0 aromatic heterocycles. The van der Waals surface area contributed by atoms with Gasteiger partial charge in [-0.15, -0.1) is 0 Å². The first-order valence-corrected chi connectivity index (χ1v) is 7.31. The Morgan fingerprint density at radius 3 is 2.30 bits per heavy atom. The fraction of sp³-hybridized carbons (Fsp3) is 0.333. The summed E-state index contributed by atoms with van der Waals surface area (Å²) in [6.45, 7) is 1.80. The summed E-state index contributed by atoms with van der Waals surface area (Å²) in [5.41, 5.74) is 5.81. The lowest BCUT2D eigenvalue weighted by Gasteiger charge is -2.14. The Labute approximate surface area is 116 Å². The number of rotatable bonds is 7. The van der Waals surface area contributed by atoms with Crippen LogP contribution in [0.5, 0.6) is 0 Å². The lowest BCUT2D eigenvalue weighted by molar-refractivity contribution is -0.139. The molecule has 1 aromatic rings. The molecule has 1 amide bonds. The van der Waals surface area contributed by atoms with E-state index in [4.69, 9.17) is 10.8 Å². The van der Waals surface area contributed by atoms with Crippen molar-refractivity contribution in [3.63, 3.8) is 0 Å². The van der Waals surface area contributed by atoms with E-state index >= 15 is 0 Å². The number of hydrogen-bond acceptors (Lipinski definition) is 4. The van der Waals surface area contributed by atoms with Gasteiger partial charge in [0.1, 0.15) is 6.04 Å². The van der Waals surface area contributed by atoms with E-state index in [-0.39, 0.29) is 17.7 Å². The topological polar surface area (TPSA) is 127 Å². The number of primary amides is 1. The number of amides is 1. The Morgan fingerprint density at radius 1 is 1.30 bits per heavy atom. The summed E-state index contributed by atoms with van der Waals surface area (Å²) in [6.07, 6.45) is -0.414. The number of carbonyl (C=O) groups is 2. The van der Waals surface area contributed by atoms with Gasteiger partial charge in [0, 0.05) is 6.42 Å². The molecule has 0 spiro atoms. The third-order valence-electron chi connectivity index (χ3n) is 2.61. The van der Waals surface area contributed by atoms with Gasteiger partial charge in [0.2, 0.25) is 15.9 Å². The normalized spacial score (nSPS) is 12.8. The maximum absolute atomic E-state index is 12.0. The average Bonchev–Trinajstić information content (AvgIpc) is 2.34. The van der Waals surface area contributed by atoms with E-state index < -0.39 is 27.9 Å². The van der Waals surface area contributed by atoms with Crippen LogP contribution in [-0.4, -0.2) is 31.4 Å². The Kier molecular flexibility index (Phi) is 5.23. The van der Waals surface area contributed by atoms with Gasteiger partial charge in [-0.1, -0.05) is 17.7 Å². The van der Waals surface area contributed by atoms with Gasteiger partial charge in [-0.05, 0) is 25.5 Å². The molecule has 110 valence electrons. The number of nitrogens with two attached hydrogens (primary N) is 1. The van der Waals surface area contributed by atoms with Crippen molar-refractivity contribution in [2.45, 2.75) is 30.7 Å². The first-order valence-electron chi connectivity index (χ1n) is 5.82. The lowest BCUT2D eigenvalue weighted by atomic mass is 10.2. The highest BCUT2D eigenvalue weighted by Gasteiger charge is 2.25. The Hall–Kier alpha value is -1.93. The monoisotopic (exact) mass is 300 g/mol. The summed E-state index contributed by atoms with van der Waals surface area (Å²) in [5, 5.41) is 8.96. The highest BCUT2D eigenvalue weighted by Crippen LogP contribution is 2.11. The molecule has 20 heavy (non-hydrogen) atoms. The third-order valence-corrected chi connectivity index (χ3v) is 4.09. The van der Waals surface area contributed by atoms with Gasteiger partial charge >= 0.3 is 5.97 Å². The van der Waals surface area contributed by atoms with Crippen LogP contribution in [0.25, 0.3) is 0 Å². The van der Waals surface area contributed by atoms with Crippen LogP contribution in [0.15, 0.2) is 29.2 Å². The average molecular weight is 300 g/mol. The second-order valence-corrected chi connectivity index (χ2v) is 6.04. The summed E-state index contributed by atoms with van der Waals surface area (Å²) in [5.74, 6) is -2.05. The first kappa shape index (κ1) is 16.1. The Bertz CT molecular complexity index is 595. The van der Waals surface area contributed by atoms with Gasteiger partial charge in [-0.3, -0.25) is 9.59 Å². The molecular weight excluding hydrogens is 284 g/mol. The molecule has 1 aromatic carbocycles. The summed E-state index contributed by atoms with van der Waals surface area (Å²) in [6, 6.07) is 4.57. The summed E-state index contributed by atoms with van der Waals surface area (Å²) in [7, 11) is -3.95. The van der Waals surface area contributed by atoms with Crippen LogP contribution >= 0.6 is 0 Å². The van der Waals surface area contributed by atoms with E-state index in [1.54, 1.807) is 19.1 Å². The maximum atomic E-state index is 12.0. The van der Waals surface area contributed by atoms with Gasteiger partial charge in [-0.25, -0.2) is 8.42 Å². The lowest BCUT2D eigenvalue weighted by Crippen LogP contribution is -2.41. The molecule has 7 nitrogen and oxygen atoms in total. The summed E-state index contributed by atoms with van der Waals surface area (Å²) < 4.78 is 26.1. The molecule has 0 saturated heterocycles. The molecule has 0 saturated carbocycles. The van der Waals surface area contributed by atoms with E-state index in [2.05, 4.69) is 0 Å². The molecule has 0 aliphatic heterocycles.